The second-order valence-electron chi connectivity index (χ2n) is 6.18. The van der Waals surface area contributed by atoms with Crippen LogP contribution in [-0.2, 0) is 11.2 Å². The van der Waals surface area contributed by atoms with E-state index in [-0.39, 0.29) is 11.8 Å². The van der Waals surface area contributed by atoms with Crippen LogP contribution >= 0.6 is 11.3 Å². The Morgan fingerprint density at radius 1 is 1.32 bits per heavy atom. The molecule has 3 aromatic rings. The molecule has 1 saturated heterocycles. The molecule has 25 heavy (non-hydrogen) atoms. The van der Waals surface area contributed by atoms with Gasteiger partial charge < -0.3 is 15.2 Å². The summed E-state index contributed by atoms with van der Waals surface area (Å²) < 4.78 is 0. The Kier molecular flexibility index (Phi) is 4.60. The number of carbonyl (C=O) groups is 1. The van der Waals surface area contributed by atoms with E-state index in [1.54, 1.807) is 24.0 Å². The van der Waals surface area contributed by atoms with E-state index in [2.05, 4.69) is 41.6 Å². The molecule has 8 heteroatoms. The standard InChI is InChI=1S/C17H20N6OS/c24-17(18-6-3-13-2-1-9-25-13)12-4-7-23(8-5-12)16-14-15(20-10-19-14)21-11-22-16/h1-2,9-12H,3-8H2,(H,18,24)(H,19,20,21,22). The zero-order valence-corrected chi connectivity index (χ0v) is 14.6. The van der Waals surface area contributed by atoms with E-state index in [9.17, 15) is 4.79 Å². The summed E-state index contributed by atoms with van der Waals surface area (Å²) in [5, 5.41) is 5.14. The van der Waals surface area contributed by atoms with Crippen molar-refractivity contribution >= 4 is 34.2 Å². The number of rotatable bonds is 5. The molecule has 0 aliphatic carbocycles. The number of fused-ring (bicyclic) bond motifs is 1. The molecule has 0 spiro atoms. The SMILES string of the molecule is O=C(NCCc1cccs1)C1CCN(c2ncnc3nc[nH]c23)CC1. The van der Waals surface area contributed by atoms with Gasteiger partial charge in [0.15, 0.2) is 11.5 Å². The Balaban J connectivity index is 1.30. The van der Waals surface area contributed by atoms with Crippen molar-refractivity contribution in [1.82, 2.24) is 25.3 Å². The topological polar surface area (TPSA) is 86.8 Å². The third-order valence-corrected chi connectivity index (χ3v) is 5.56. The molecular weight excluding hydrogens is 336 g/mol. The maximum atomic E-state index is 12.4. The van der Waals surface area contributed by atoms with Crippen molar-refractivity contribution < 1.29 is 4.79 Å². The van der Waals surface area contributed by atoms with Gasteiger partial charge in [-0.25, -0.2) is 15.0 Å². The quantitative estimate of drug-likeness (QED) is 0.730. The zero-order chi connectivity index (χ0) is 17.1. The van der Waals surface area contributed by atoms with E-state index < -0.39 is 0 Å². The minimum atomic E-state index is 0.0821. The predicted molar refractivity (Wildman–Crippen MR) is 97.7 cm³/mol. The number of aromatic amines is 1. The van der Waals surface area contributed by atoms with Crippen LogP contribution in [0.2, 0.25) is 0 Å². The molecular formula is C17H20N6OS. The molecule has 1 fully saturated rings. The maximum absolute atomic E-state index is 12.4. The number of H-pyrrole nitrogens is 1. The summed E-state index contributed by atoms with van der Waals surface area (Å²) in [7, 11) is 0. The van der Waals surface area contributed by atoms with Gasteiger partial charge in [0.1, 0.15) is 11.8 Å². The molecule has 7 nitrogen and oxygen atoms in total. The van der Waals surface area contributed by atoms with Gasteiger partial charge in [-0.2, -0.15) is 0 Å². The van der Waals surface area contributed by atoms with Crippen molar-refractivity contribution in [2.75, 3.05) is 24.5 Å². The Hall–Kier alpha value is -2.48. The van der Waals surface area contributed by atoms with Gasteiger partial charge in [-0.15, -0.1) is 11.3 Å². The number of nitrogens with zero attached hydrogens (tertiary/aromatic N) is 4. The molecule has 0 bridgehead atoms. The number of imidazole rings is 1. The number of amides is 1. The van der Waals surface area contributed by atoms with E-state index in [0.29, 0.717) is 12.2 Å². The van der Waals surface area contributed by atoms with Gasteiger partial charge in [0.2, 0.25) is 5.91 Å². The lowest BCUT2D eigenvalue weighted by molar-refractivity contribution is -0.125. The van der Waals surface area contributed by atoms with Crippen molar-refractivity contribution in [1.29, 1.82) is 0 Å². The lowest BCUT2D eigenvalue weighted by Crippen LogP contribution is -2.41. The largest absolute Gasteiger partial charge is 0.355 e. The fourth-order valence-electron chi connectivity index (χ4n) is 3.25. The molecule has 0 aromatic carbocycles. The number of anilines is 1. The molecule has 4 heterocycles. The second kappa shape index (κ2) is 7.18. The third-order valence-electron chi connectivity index (χ3n) is 4.62. The summed E-state index contributed by atoms with van der Waals surface area (Å²) in [4.78, 5) is 31.7. The second-order valence-corrected chi connectivity index (χ2v) is 7.21. The van der Waals surface area contributed by atoms with Gasteiger partial charge in [0.05, 0.1) is 6.33 Å². The number of aromatic nitrogens is 4. The molecule has 3 aromatic heterocycles. The zero-order valence-electron chi connectivity index (χ0n) is 13.8. The lowest BCUT2D eigenvalue weighted by Gasteiger charge is -2.32. The maximum Gasteiger partial charge on any atom is 0.223 e. The van der Waals surface area contributed by atoms with E-state index in [1.807, 2.05) is 6.07 Å². The Morgan fingerprint density at radius 2 is 2.20 bits per heavy atom. The Morgan fingerprint density at radius 3 is 3.00 bits per heavy atom. The summed E-state index contributed by atoms with van der Waals surface area (Å²) in [6.07, 6.45) is 5.76. The molecule has 1 amide bonds. The molecule has 0 atom stereocenters. The first-order chi connectivity index (χ1) is 12.3. The van der Waals surface area contributed by atoms with Gasteiger partial charge in [0.25, 0.3) is 0 Å². The van der Waals surface area contributed by atoms with Crippen LogP contribution in [0.3, 0.4) is 0 Å². The summed E-state index contributed by atoms with van der Waals surface area (Å²) >= 11 is 1.73. The molecule has 1 aliphatic rings. The summed E-state index contributed by atoms with van der Waals surface area (Å²) in [6.45, 7) is 2.34. The van der Waals surface area contributed by atoms with Crippen molar-refractivity contribution in [2.45, 2.75) is 19.3 Å². The number of thiophene rings is 1. The highest BCUT2D eigenvalue weighted by Crippen LogP contribution is 2.25. The van der Waals surface area contributed by atoms with Crippen LogP contribution in [0, 0.1) is 5.92 Å². The highest BCUT2D eigenvalue weighted by Gasteiger charge is 2.26. The van der Waals surface area contributed by atoms with E-state index in [0.717, 1.165) is 43.7 Å². The number of carbonyl (C=O) groups excluding carboxylic acids is 1. The number of hydrogen-bond acceptors (Lipinski definition) is 6. The Bertz CT molecular complexity index is 838. The normalized spacial score (nSPS) is 15.6. The lowest BCUT2D eigenvalue weighted by atomic mass is 9.96. The molecule has 0 unspecified atom stereocenters. The van der Waals surface area contributed by atoms with Gasteiger partial charge >= 0.3 is 0 Å². The van der Waals surface area contributed by atoms with Crippen molar-refractivity contribution in [2.24, 2.45) is 5.92 Å². The van der Waals surface area contributed by atoms with Crippen LogP contribution in [0.4, 0.5) is 5.82 Å². The van der Waals surface area contributed by atoms with E-state index >= 15 is 0 Å². The van der Waals surface area contributed by atoms with Gasteiger partial charge in [-0.3, -0.25) is 4.79 Å². The van der Waals surface area contributed by atoms with Crippen molar-refractivity contribution in [3.63, 3.8) is 0 Å². The van der Waals surface area contributed by atoms with Crippen LogP contribution in [0.15, 0.2) is 30.2 Å². The average Bonchev–Trinajstić information content (AvgIpc) is 3.33. The molecule has 0 radical (unpaired) electrons. The van der Waals surface area contributed by atoms with E-state index in [1.165, 1.54) is 4.88 Å². The average molecular weight is 356 g/mol. The summed E-state index contributed by atoms with van der Waals surface area (Å²) in [5.74, 6) is 1.13. The molecule has 1 aliphatic heterocycles. The number of nitrogens with one attached hydrogen (secondary N) is 2. The van der Waals surface area contributed by atoms with Crippen LogP contribution < -0.4 is 10.2 Å². The molecule has 130 valence electrons. The van der Waals surface area contributed by atoms with Gasteiger partial charge in [0, 0.05) is 30.4 Å². The monoisotopic (exact) mass is 356 g/mol. The minimum absolute atomic E-state index is 0.0821. The molecule has 4 rings (SSSR count). The van der Waals surface area contributed by atoms with Crippen LogP contribution in [0.5, 0.6) is 0 Å². The smallest absolute Gasteiger partial charge is 0.223 e. The van der Waals surface area contributed by atoms with Crippen molar-refractivity contribution in [3.05, 3.63) is 35.0 Å². The Labute approximate surface area is 149 Å². The number of hydrogen-bond donors (Lipinski definition) is 2. The molecule has 0 saturated carbocycles. The van der Waals surface area contributed by atoms with Crippen molar-refractivity contribution in [3.8, 4) is 0 Å². The summed E-state index contributed by atoms with van der Waals surface area (Å²) in [6, 6.07) is 4.15. The minimum Gasteiger partial charge on any atom is -0.355 e. The predicted octanol–water partition coefficient (Wildman–Crippen LogP) is 1.99. The first kappa shape index (κ1) is 16.0. The van der Waals surface area contributed by atoms with Crippen LogP contribution in [0.1, 0.15) is 17.7 Å². The highest BCUT2D eigenvalue weighted by molar-refractivity contribution is 7.09. The third kappa shape index (κ3) is 3.48. The number of piperidine rings is 1. The fourth-order valence-corrected chi connectivity index (χ4v) is 3.96. The van der Waals surface area contributed by atoms with Gasteiger partial charge in [-0.1, -0.05) is 6.07 Å². The first-order valence-electron chi connectivity index (χ1n) is 8.50. The van der Waals surface area contributed by atoms with E-state index in [4.69, 9.17) is 0 Å². The van der Waals surface area contributed by atoms with Crippen LogP contribution in [0.25, 0.3) is 11.2 Å². The van der Waals surface area contributed by atoms with Crippen LogP contribution in [-0.4, -0.2) is 45.5 Å². The summed E-state index contributed by atoms with van der Waals surface area (Å²) in [5.41, 5.74) is 1.54. The molecule has 2 N–H and O–H groups in total. The highest BCUT2D eigenvalue weighted by atomic mass is 32.1. The first-order valence-corrected chi connectivity index (χ1v) is 9.38. The fraction of sp³-hybridized carbons (Fsp3) is 0.412. The van der Waals surface area contributed by atoms with Gasteiger partial charge in [-0.05, 0) is 30.7 Å².